The molecule has 3 heteroatoms. The van der Waals surface area contributed by atoms with Crippen molar-refractivity contribution in [3.63, 3.8) is 0 Å². The molecule has 0 rings (SSSR count). The molecule has 0 spiro atoms. The summed E-state index contributed by atoms with van der Waals surface area (Å²) in [5.74, 6) is 2.46. The Hall–Kier alpha value is -0.510. The zero-order chi connectivity index (χ0) is 10.5. The largest absolute Gasteiger partial charge is 0.309 e. The third kappa shape index (κ3) is 5.69. The molecule has 0 aromatic rings. The van der Waals surface area contributed by atoms with Crippen LogP contribution in [0.5, 0.6) is 0 Å². The van der Waals surface area contributed by atoms with E-state index in [1.165, 1.54) is 0 Å². The molecule has 0 aliphatic carbocycles. The summed E-state index contributed by atoms with van der Waals surface area (Å²) >= 11 is 0. The number of hydrogen-bond donors (Lipinski definition) is 0. The van der Waals surface area contributed by atoms with Crippen LogP contribution < -0.4 is 0 Å². The highest BCUT2D eigenvalue weighted by Gasteiger charge is 2.25. The molecule has 13 heavy (non-hydrogen) atoms. The summed E-state index contributed by atoms with van der Waals surface area (Å²) in [7, 11) is -2.58. The maximum absolute atomic E-state index is 11.8. The van der Waals surface area contributed by atoms with Crippen LogP contribution in [-0.2, 0) is 9.09 Å². The van der Waals surface area contributed by atoms with E-state index in [1.54, 1.807) is 20.5 Å². The van der Waals surface area contributed by atoms with Crippen LogP contribution in [0.25, 0.3) is 0 Å². The Morgan fingerprint density at radius 3 is 2.54 bits per heavy atom. The van der Waals surface area contributed by atoms with Crippen LogP contribution in [0, 0.1) is 12.3 Å². The van der Waals surface area contributed by atoms with Crippen LogP contribution in [0.2, 0.25) is 0 Å². The van der Waals surface area contributed by atoms with Crippen molar-refractivity contribution in [1.29, 1.82) is 0 Å². The van der Waals surface area contributed by atoms with Gasteiger partial charge in [0.25, 0.3) is 0 Å². The maximum Gasteiger partial charge on any atom is 0.205 e. The van der Waals surface area contributed by atoms with E-state index in [-0.39, 0.29) is 0 Å². The lowest BCUT2D eigenvalue weighted by atomic mass is 10.2. The first-order valence-corrected chi connectivity index (χ1v) is 6.45. The van der Waals surface area contributed by atoms with Crippen LogP contribution in [0.3, 0.4) is 0 Å². The van der Waals surface area contributed by atoms with Gasteiger partial charge in [-0.1, -0.05) is 18.1 Å². The van der Waals surface area contributed by atoms with Gasteiger partial charge in [0.2, 0.25) is 7.37 Å². The lowest BCUT2D eigenvalue weighted by Crippen LogP contribution is -2.20. The zero-order valence-electron chi connectivity index (χ0n) is 8.70. The van der Waals surface area contributed by atoms with Crippen molar-refractivity contribution in [2.24, 2.45) is 0 Å². The minimum Gasteiger partial charge on any atom is -0.309 e. The molecule has 0 aliphatic rings. The smallest absolute Gasteiger partial charge is 0.205 e. The third-order valence-electron chi connectivity index (χ3n) is 1.44. The van der Waals surface area contributed by atoms with Crippen molar-refractivity contribution >= 4 is 7.37 Å². The SMILES string of the molecule is C#CC(C)(C)OP(C)(=O)CC=CC. The molecular formula is C10H17O2P. The molecule has 0 saturated carbocycles. The van der Waals surface area contributed by atoms with Crippen molar-refractivity contribution < 1.29 is 9.09 Å². The van der Waals surface area contributed by atoms with Crippen molar-refractivity contribution in [1.82, 2.24) is 0 Å². The molecule has 0 bridgehead atoms. The van der Waals surface area contributed by atoms with Gasteiger partial charge < -0.3 is 4.52 Å². The minimum atomic E-state index is -2.58. The molecule has 1 unspecified atom stereocenters. The van der Waals surface area contributed by atoms with Gasteiger partial charge in [0, 0.05) is 12.8 Å². The highest BCUT2D eigenvalue weighted by Crippen LogP contribution is 2.46. The van der Waals surface area contributed by atoms with Gasteiger partial charge in [-0.25, -0.2) is 0 Å². The fourth-order valence-electron chi connectivity index (χ4n) is 0.843. The van der Waals surface area contributed by atoms with Gasteiger partial charge in [0.15, 0.2) is 0 Å². The van der Waals surface area contributed by atoms with Gasteiger partial charge in [-0.15, -0.1) is 6.42 Å². The van der Waals surface area contributed by atoms with E-state index < -0.39 is 13.0 Å². The summed E-state index contributed by atoms with van der Waals surface area (Å²) in [6.45, 7) is 6.95. The molecule has 0 aromatic heterocycles. The van der Waals surface area contributed by atoms with Crippen molar-refractivity contribution in [2.75, 3.05) is 12.8 Å². The fraction of sp³-hybridized carbons (Fsp3) is 0.600. The molecule has 0 fully saturated rings. The van der Waals surface area contributed by atoms with Gasteiger partial charge in [-0.3, -0.25) is 4.57 Å². The monoisotopic (exact) mass is 200 g/mol. The molecule has 0 aromatic carbocycles. The average Bonchev–Trinajstić information content (AvgIpc) is 1.99. The van der Waals surface area contributed by atoms with Gasteiger partial charge in [0.1, 0.15) is 5.60 Å². The molecule has 0 N–H and O–H groups in total. The van der Waals surface area contributed by atoms with E-state index in [9.17, 15) is 4.57 Å². The summed E-state index contributed by atoms with van der Waals surface area (Å²) in [5, 5.41) is 0. The molecule has 0 heterocycles. The molecule has 0 amide bonds. The second kappa shape index (κ2) is 4.65. The number of hydrogen-bond acceptors (Lipinski definition) is 2. The average molecular weight is 200 g/mol. The molecular weight excluding hydrogens is 183 g/mol. The van der Waals surface area contributed by atoms with Crippen LogP contribution in [0.1, 0.15) is 20.8 Å². The Kier molecular flexibility index (Phi) is 4.47. The Balaban J connectivity index is 4.36. The van der Waals surface area contributed by atoms with Crippen LogP contribution in [0.15, 0.2) is 12.2 Å². The van der Waals surface area contributed by atoms with Gasteiger partial charge in [-0.2, -0.15) is 0 Å². The summed E-state index contributed by atoms with van der Waals surface area (Å²) in [5.41, 5.74) is -0.744. The second-order valence-corrected chi connectivity index (χ2v) is 6.09. The fourth-order valence-corrected chi connectivity index (χ4v) is 2.53. The zero-order valence-corrected chi connectivity index (χ0v) is 9.60. The van der Waals surface area contributed by atoms with Crippen molar-refractivity contribution in [2.45, 2.75) is 26.4 Å². The third-order valence-corrected chi connectivity index (χ3v) is 3.16. The van der Waals surface area contributed by atoms with E-state index in [2.05, 4.69) is 5.92 Å². The molecule has 0 radical (unpaired) electrons. The Morgan fingerprint density at radius 2 is 2.15 bits per heavy atom. The standard InChI is InChI=1S/C10H17O2P/c1-6-8-9-13(5,11)12-10(3,4)7-2/h2,6,8H,9H2,1,3-5H3. The Morgan fingerprint density at radius 1 is 1.62 bits per heavy atom. The highest BCUT2D eigenvalue weighted by molar-refractivity contribution is 7.58. The number of rotatable bonds is 4. The first-order valence-electron chi connectivity index (χ1n) is 4.19. The van der Waals surface area contributed by atoms with Gasteiger partial charge in [-0.05, 0) is 20.8 Å². The molecule has 0 aliphatic heterocycles. The molecule has 2 nitrogen and oxygen atoms in total. The van der Waals surface area contributed by atoms with E-state index >= 15 is 0 Å². The normalized spacial score (nSPS) is 16.8. The first-order chi connectivity index (χ1) is 5.83. The Bertz CT molecular complexity index is 271. The van der Waals surface area contributed by atoms with E-state index in [4.69, 9.17) is 10.9 Å². The maximum atomic E-state index is 11.8. The first kappa shape index (κ1) is 12.5. The highest BCUT2D eigenvalue weighted by atomic mass is 31.2. The number of allylic oxidation sites excluding steroid dienone is 2. The number of terminal acetylenes is 1. The summed E-state index contributed by atoms with van der Waals surface area (Å²) in [6, 6.07) is 0. The minimum absolute atomic E-state index is 0.439. The van der Waals surface area contributed by atoms with Crippen molar-refractivity contribution in [3.05, 3.63) is 12.2 Å². The quantitative estimate of drug-likeness (QED) is 0.396. The van der Waals surface area contributed by atoms with E-state index in [0.29, 0.717) is 6.16 Å². The topological polar surface area (TPSA) is 26.3 Å². The predicted octanol–water partition coefficient (Wildman–Crippen LogP) is 2.90. The van der Waals surface area contributed by atoms with E-state index in [1.807, 2.05) is 19.1 Å². The van der Waals surface area contributed by atoms with Gasteiger partial charge in [0.05, 0.1) is 0 Å². The van der Waals surface area contributed by atoms with Gasteiger partial charge >= 0.3 is 0 Å². The van der Waals surface area contributed by atoms with Crippen LogP contribution >= 0.6 is 7.37 Å². The molecule has 1 atom stereocenters. The molecule has 0 saturated heterocycles. The lowest BCUT2D eigenvalue weighted by Gasteiger charge is -2.23. The Labute approximate surface area is 80.8 Å². The van der Waals surface area contributed by atoms with E-state index in [0.717, 1.165) is 0 Å². The summed E-state index contributed by atoms with van der Waals surface area (Å²) in [6.07, 6.45) is 9.34. The lowest BCUT2D eigenvalue weighted by molar-refractivity contribution is 0.179. The van der Waals surface area contributed by atoms with Crippen LogP contribution in [0.4, 0.5) is 0 Å². The second-order valence-electron chi connectivity index (χ2n) is 3.51. The van der Waals surface area contributed by atoms with Crippen LogP contribution in [-0.4, -0.2) is 18.4 Å². The predicted molar refractivity (Wildman–Crippen MR) is 57.2 cm³/mol. The summed E-state index contributed by atoms with van der Waals surface area (Å²) in [4.78, 5) is 0. The summed E-state index contributed by atoms with van der Waals surface area (Å²) < 4.78 is 17.1. The van der Waals surface area contributed by atoms with Crippen molar-refractivity contribution in [3.8, 4) is 12.3 Å². The molecule has 74 valence electrons.